The van der Waals surface area contributed by atoms with Crippen molar-refractivity contribution < 1.29 is 20.1 Å². The minimum atomic E-state index is -0.498. The van der Waals surface area contributed by atoms with Crippen LogP contribution in [0.2, 0.25) is 0 Å². The Labute approximate surface area is 332 Å². The van der Waals surface area contributed by atoms with Crippen LogP contribution in [0, 0.1) is 0 Å². The summed E-state index contributed by atoms with van der Waals surface area (Å²) < 4.78 is 62.6. The number of rotatable bonds is 5. The van der Waals surface area contributed by atoms with E-state index in [4.69, 9.17) is 30.1 Å². The van der Waals surface area contributed by atoms with Crippen molar-refractivity contribution in [3.8, 4) is 56.4 Å². The second-order valence-electron chi connectivity index (χ2n) is 13.9. The fraction of sp³-hybridized carbons (Fsp3) is 0. The molecule has 57 heavy (non-hydrogen) atoms. The van der Waals surface area contributed by atoms with E-state index in [-0.39, 0.29) is 23.0 Å². The number of hydrogen-bond acceptors (Lipinski definition) is 6. The molecule has 6 nitrogen and oxygen atoms in total. The summed E-state index contributed by atoms with van der Waals surface area (Å²) in [7, 11) is 0. The third-order valence-electron chi connectivity index (χ3n) is 10.6. The molecular weight excluding hydrogens is 703 g/mol. The standard InChI is InChI=1S/C51H29N3O3/c1-3-14-30(15-4-1)49-52-50(31-16-5-2-6-17-31)54-51(53-49)40-25-13-23-37-36-22-12-24-38(47(36)57-48(37)40)41-28-32(29-44-45(41)39-19-8-10-27-43(39)55-44)33-20-11-21-35-34-18-7-9-26-42(34)56-46(33)35/h1-29H/i1D,3D,4D,14D,15D. The summed E-state index contributed by atoms with van der Waals surface area (Å²) in [5, 5.41) is 5.68. The largest absolute Gasteiger partial charge is 0.456 e. The van der Waals surface area contributed by atoms with Crippen LogP contribution in [0.25, 0.3) is 122 Å². The lowest BCUT2D eigenvalue weighted by Gasteiger charge is -2.10. The highest BCUT2D eigenvalue weighted by Gasteiger charge is 2.23. The molecule has 0 N–H and O–H groups in total. The molecule has 0 aliphatic carbocycles. The summed E-state index contributed by atoms with van der Waals surface area (Å²) in [4.78, 5) is 14.4. The second-order valence-corrected chi connectivity index (χ2v) is 13.9. The number of furan rings is 3. The zero-order valence-electron chi connectivity index (χ0n) is 34.9. The van der Waals surface area contributed by atoms with Crippen LogP contribution in [0.3, 0.4) is 0 Å². The summed E-state index contributed by atoms with van der Waals surface area (Å²) in [6, 6.07) is 45.4. The molecule has 0 aliphatic heterocycles. The molecule has 0 spiro atoms. The first kappa shape index (κ1) is 26.9. The summed E-state index contributed by atoms with van der Waals surface area (Å²) in [5.74, 6) is 0.443. The van der Waals surface area contributed by atoms with Crippen LogP contribution in [-0.2, 0) is 0 Å². The number of benzene rings is 8. The average Bonchev–Trinajstić information content (AvgIpc) is 4.02. The van der Waals surface area contributed by atoms with Crippen LogP contribution >= 0.6 is 0 Å². The highest BCUT2D eigenvalue weighted by atomic mass is 16.3. The van der Waals surface area contributed by atoms with Gasteiger partial charge in [-0.05, 0) is 41.5 Å². The molecule has 0 unspecified atom stereocenters. The van der Waals surface area contributed by atoms with Gasteiger partial charge in [0, 0.05) is 54.6 Å². The maximum Gasteiger partial charge on any atom is 0.167 e. The van der Waals surface area contributed by atoms with Crippen molar-refractivity contribution in [2.45, 2.75) is 0 Å². The van der Waals surface area contributed by atoms with E-state index >= 15 is 0 Å². The van der Waals surface area contributed by atoms with E-state index in [9.17, 15) is 0 Å². The van der Waals surface area contributed by atoms with Gasteiger partial charge in [-0.2, -0.15) is 0 Å². The normalized spacial score (nSPS) is 13.1. The van der Waals surface area contributed by atoms with E-state index in [1.807, 2.05) is 97.1 Å². The first-order valence-corrected chi connectivity index (χ1v) is 18.5. The van der Waals surface area contributed by atoms with E-state index in [0.29, 0.717) is 22.3 Å². The van der Waals surface area contributed by atoms with Crippen LogP contribution < -0.4 is 0 Å². The SMILES string of the molecule is [2H]c1c([2H])c([2H])c(-c2nc(-c3ccccc3)nc(-c3cccc4c3oc3c(-c5cc(-c6cccc7c6oc6ccccc67)cc6oc7ccccc7c56)cccc34)n2)c([2H])c1[2H]. The van der Waals surface area contributed by atoms with Gasteiger partial charge in [0.25, 0.3) is 0 Å². The summed E-state index contributed by atoms with van der Waals surface area (Å²) in [6.07, 6.45) is 0. The lowest BCUT2D eigenvalue weighted by atomic mass is 9.93. The minimum Gasteiger partial charge on any atom is -0.456 e. The van der Waals surface area contributed by atoms with Gasteiger partial charge in [-0.3, -0.25) is 0 Å². The molecule has 0 radical (unpaired) electrons. The predicted molar refractivity (Wildman–Crippen MR) is 229 cm³/mol. The molecule has 0 saturated heterocycles. The monoisotopic (exact) mass is 736 g/mol. The number of para-hydroxylation sites is 5. The molecule has 0 atom stereocenters. The van der Waals surface area contributed by atoms with Gasteiger partial charge in [0.15, 0.2) is 17.5 Å². The van der Waals surface area contributed by atoms with Crippen molar-refractivity contribution in [3.63, 3.8) is 0 Å². The second kappa shape index (κ2) is 12.3. The quantitative estimate of drug-likeness (QED) is 0.175. The molecule has 0 amide bonds. The molecule has 6 heteroatoms. The van der Waals surface area contributed by atoms with Gasteiger partial charge in [-0.1, -0.05) is 145 Å². The molecule has 4 heterocycles. The van der Waals surface area contributed by atoms with Crippen LogP contribution in [0.1, 0.15) is 6.85 Å². The molecule has 4 aromatic heterocycles. The number of hydrogen-bond donors (Lipinski definition) is 0. The van der Waals surface area contributed by atoms with Crippen molar-refractivity contribution in [2.75, 3.05) is 0 Å². The van der Waals surface area contributed by atoms with E-state index < -0.39 is 30.2 Å². The third-order valence-corrected chi connectivity index (χ3v) is 10.6. The maximum atomic E-state index is 8.76. The molecule has 0 fully saturated rings. The van der Waals surface area contributed by atoms with Crippen LogP contribution in [0.4, 0.5) is 0 Å². The number of aromatic nitrogens is 3. The van der Waals surface area contributed by atoms with E-state index in [2.05, 4.69) is 53.5 Å². The van der Waals surface area contributed by atoms with Crippen LogP contribution in [0.15, 0.2) is 189 Å². The molecule has 12 aromatic rings. The van der Waals surface area contributed by atoms with Gasteiger partial charge in [-0.25, -0.2) is 15.0 Å². The van der Waals surface area contributed by atoms with Crippen molar-refractivity contribution in [1.29, 1.82) is 0 Å². The van der Waals surface area contributed by atoms with Crippen LogP contribution in [0.5, 0.6) is 0 Å². The van der Waals surface area contributed by atoms with Gasteiger partial charge in [-0.15, -0.1) is 0 Å². The highest BCUT2D eigenvalue weighted by molar-refractivity contribution is 6.19. The molecule has 0 aliphatic rings. The first-order chi connectivity index (χ1) is 30.3. The van der Waals surface area contributed by atoms with Crippen molar-refractivity contribution in [3.05, 3.63) is 176 Å². The Kier molecular flexibility index (Phi) is 5.82. The van der Waals surface area contributed by atoms with Crippen molar-refractivity contribution in [1.82, 2.24) is 15.0 Å². The lowest BCUT2D eigenvalue weighted by Crippen LogP contribution is -2.00. The van der Waals surface area contributed by atoms with Gasteiger partial charge in [0.1, 0.15) is 33.5 Å². The van der Waals surface area contributed by atoms with Crippen molar-refractivity contribution >= 4 is 65.8 Å². The van der Waals surface area contributed by atoms with Gasteiger partial charge in [0.05, 0.1) is 12.4 Å². The number of fused-ring (bicyclic) bond motifs is 9. The summed E-state index contributed by atoms with van der Waals surface area (Å²) in [6.45, 7) is 0. The summed E-state index contributed by atoms with van der Waals surface area (Å²) >= 11 is 0. The maximum absolute atomic E-state index is 8.76. The lowest BCUT2D eigenvalue weighted by molar-refractivity contribution is 0.668. The Morgan fingerprint density at radius 2 is 0.912 bits per heavy atom. The Balaban J connectivity index is 1.11. The molecule has 0 saturated carbocycles. The fourth-order valence-electron chi connectivity index (χ4n) is 8.09. The Hall–Kier alpha value is -7.83. The van der Waals surface area contributed by atoms with E-state index in [1.165, 1.54) is 0 Å². The summed E-state index contributed by atoms with van der Waals surface area (Å²) in [5.41, 5.74) is 8.95. The zero-order chi connectivity index (χ0) is 41.8. The zero-order valence-corrected chi connectivity index (χ0v) is 29.9. The smallest absolute Gasteiger partial charge is 0.167 e. The topological polar surface area (TPSA) is 78.1 Å². The first-order valence-electron chi connectivity index (χ1n) is 21.0. The molecule has 0 bridgehead atoms. The Morgan fingerprint density at radius 3 is 1.68 bits per heavy atom. The van der Waals surface area contributed by atoms with Gasteiger partial charge in [0.2, 0.25) is 0 Å². The molecular formula is C51H29N3O3. The molecule has 8 aromatic carbocycles. The van der Waals surface area contributed by atoms with Gasteiger partial charge >= 0.3 is 0 Å². The fourth-order valence-corrected chi connectivity index (χ4v) is 8.09. The Morgan fingerprint density at radius 1 is 0.351 bits per heavy atom. The minimum absolute atomic E-state index is 0.0508. The van der Waals surface area contributed by atoms with E-state index in [0.717, 1.165) is 76.9 Å². The average molecular weight is 737 g/mol. The van der Waals surface area contributed by atoms with Crippen LogP contribution in [-0.4, -0.2) is 15.0 Å². The van der Waals surface area contributed by atoms with Gasteiger partial charge < -0.3 is 13.3 Å². The van der Waals surface area contributed by atoms with Crippen molar-refractivity contribution in [2.24, 2.45) is 0 Å². The Bertz CT molecular complexity index is 3810. The molecule has 12 rings (SSSR count). The third kappa shape index (κ3) is 4.94. The number of nitrogens with zero attached hydrogens (tertiary/aromatic N) is 3. The highest BCUT2D eigenvalue weighted by Crippen LogP contribution is 2.46. The molecule has 266 valence electrons. The van der Waals surface area contributed by atoms with E-state index in [1.54, 1.807) is 0 Å². The predicted octanol–water partition coefficient (Wildman–Crippen LogP) is 13.9.